The molecule has 1 fully saturated rings. The molecule has 0 radical (unpaired) electrons. The molecule has 37 heavy (non-hydrogen) atoms. The molecule has 0 unspecified atom stereocenters. The molecule has 1 saturated heterocycles. The Morgan fingerprint density at radius 2 is 1.89 bits per heavy atom. The van der Waals surface area contributed by atoms with E-state index in [1.807, 2.05) is 11.8 Å². The normalized spacial score (nSPS) is 16.1. The standard InChI is InChI=1S/C27H30N4O5S/c1-3-36-27(33)23-15-21-14-22(16-28)25(29-24(21)13-18(23)2)31-11-9-20(10-12-31)26(32)30-37(34,35)17-19-7-5-4-6-8-19/h4-8,14,20H,3,9-13,15,17H2,1-2H3,(H,30,32). The number of amides is 1. The Hall–Kier alpha value is -3.71. The number of ether oxygens (including phenoxy) is 1. The first-order valence-corrected chi connectivity index (χ1v) is 14.0. The van der Waals surface area contributed by atoms with Crippen molar-refractivity contribution in [3.8, 4) is 6.07 Å². The van der Waals surface area contributed by atoms with Crippen molar-refractivity contribution in [3.05, 3.63) is 69.9 Å². The number of anilines is 1. The summed E-state index contributed by atoms with van der Waals surface area (Å²) in [4.78, 5) is 31.8. The Balaban J connectivity index is 1.42. The highest BCUT2D eigenvalue weighted by molar-refractivity contribution is 7.89. The van der Waals surface area contributed by atoms with Crippen LogP contribution < -0.4 is 9.62 Å². The van der Waals surface area contributed by atoms with Crippen molar-refractivity contribution in [2.75, 3.05) is 24.6 Å². The van der Waals surface area contributed by atoms with E-state index in [4.69, 9.17) is 9.72 Å². The van der Waals surface area contributed by atoms with Crippen molar-refractivity contribution < 1.29 is 22.7 Å². The lowest BCUT2D eigenvalue weighted by Gasteiger charge is -2.33. The third kappa shape index (κ3) is 6.17. The third-order valence-corrected chi connectivity index (χ3v) is 7.97. The number of carbonyl (C=O) groups is 2. The second-order valence-electron chi connectivity index (χ2n) is 9.38. The number of fused-ring (bicyclic) bond motifs is 1. The summed E-state index contributed by atoms with van der Waals surface area (Å²) >= 11 is 0. The quantitative estimate of drug-likeness (QED) is 0.550. The molecule has 1 N–H and O–H groups in total. The van der Waals surface area contributed by atoms with Gasteiger partial charge in [-0.3, -0.25) is 9.52 Å². The van der Waals surface area contributed by atoms with E-state index in [9.17, 15) is 23.3 Å². The second kappa shape index (κ2) is 11.1. The summed E-state index contributed by atoms with van der Waals surface area (Å²) in [6.45, 7) is 4.91. The van der Waals surface area contributed by atoms with Gasteiger partial charge >= 0.3 is 5.97 Å². The molecule has 194 valence electrons. The van der Waals surface area contributed by atoms with Crippen LogP contribution in [-0.4, -0.2) is 45.0 Å². The number of hydrogen-bond acceptors (Lipinski definition) is 8. The lowest BCUT2D eigenvalue weighted by Crippen LogP contribution is -2.43. The van der Waals surface area contributed by atoms with Crippen molar-refractivity contribution in [1.82, 2.24) is 9.71 Å². The number of nitrogens with one attached hydrogen (secondary N) is 1. The number of sulfonamides is 1. The molecule has 1 aliphatic carbocycles. The van der Waals surface area contributed by atoms with Crippen LogP contribution in [0.1, 0.15) is 49.1 Å². The smallest absolute Gasteiger partial charge is 0.334 e. The number of esters is 1. The van der Waals surface area contributed by atoms with Crippen LogP contribution in [0.4, 0.5) is 5.82 Å². The van der Waals surface area contributed by atoms with Crippen LogP contribution >= 0.6 is 0 Å². The second-order valence-corrected chi connectivity index (χ2v) is 11.1. The zero-order valence-electron chi connectivity index (χ0n) is 21.0. The molecule has 1 aromatic carbocycles. The maximum Gasteiger partial charge on any atom is 0.334 e. The maximum atomic E-state index is 12.7. The van der Waals surface area contributed by atoms with E-state index in [1.54, 1.807) is 43.3 Å². The van der Waals surface area contributed by atoms with Crippen molar-refractivity contribution in [2.45, 2.75) is 45.3 Å². The van der Waals surface area contributed by atoms with Crippen LogP contribution in [-0.2, 0) is 42.9 Å². The number of pyridine rings is 1. The van der Waals surface area contributed by atoms with Gasteiger partial charge in [0, 0.05) is 37.4 Å². The van der Waals surface area contributed by atoms with E-state index in [1.165, 1.54) is 0 Å². The van der Waals surface area contributed by atoms with Gasteiger partial charge in [0.15, 0.2) is 0 Å². The fourth-order valence-electron chi connectivity index (χ4n) is 4.80. The fourth-order valence-corrected chi connectivity index (χ4v) is 5.97. The Kier molecular flexibility index (Phi) is 7.93. The van der Waals surface area contributed by atoms with Crippen LogP contribution in [0.15, 0.2) is 47.5 Å². The topological polar surface area (TPSA) is 129 Å². The summed E-state index contributed by atoms with van der Waals surface area (Å²) in [6, 6.07) is 12.7. The average molecular weight is 523 g/mol. The monoisotopic (exact) mass is 522 g/mol. The molecule has 10 heteroatoms. The lowest BCUT2D eigenvalue weighted by molar-refractivity contribution is -0.138. The van der Waals surface area contributed by atoms with Crippen LogP contribution in [0.2, 0.25) is 0 Å². The number of allylic oxidation sites excluding steroid dienone is 1. The van der Waals surface area contributed by atoms with Gasteiger partial charge in [0.2, 0.25) is 15.9 Å². The summed E-state index contributed by atoms with van der Waals surface area (Å²) in [5.41, 5.74) is 4.20. The van der Waals surface area contributed by atoms with Crippen molar-refractivity contribution in [2.24, 2.45) is 5.92 Å². The van der Waals surface area contributed by atoms with Crippen LogP contribution in [0.5, 0.6) is 0 Å². The van der Waals surface area contributed by atoms with E-state index in [2.05, 4.69) is 10.8 Å². The molecule has 1 amide bonds. The molecule has 1 aliphatic heterocycles. The van der Waals surface area contributed by atoms with Gasteiger partial charge in [0.25, 0.3) is 0 Å². The molecular weight excluding hydrogens is 492 g/mol. The van der Waals surface area contributed by atoms with E-state index in [-0.39, 0.29) is 11.7 Å². The Labute approximate surface area is 217 Å². The number of benzene rings is 1. The maximum absolute atomic E-state index is 12.7. The molecule has 1 aromatic heterocycles. The number of nitriles is 1. The first kappa shape index (κ1) is 26.4. The van der Waals surface area contributed by atoms with Gasteiger partial charge in [0.05, 0.1) is 23.6 Å². The average Bonchev–Trinajstić information content (AvgIpc) is 2.87. The molecule has 2 aliphatic rings. The summed E-state index contributed by atoms with van der Waals surface area (Å²) in [6.07, 6.45) is 1.77. The number of piperidine rings is 1. The molecule has 0 spiro atoms. The predicted molar refractivity (Wildman–Crippen MR) is 138 cm³/mol. The predicted octanol–water partition coefficient (Wildman–Crippen LogP) is 2.79. The number of hydrogen-bond donors (Lipinski definition) is 1. The Bertz CT molecular complexity index is 1370. The summed E-state index contributed by atoms with van der Waals surface area (Å²) in [5.74, 6) is -0.970. The van der Waals surface area contributed by atoms with Crippen LogP contribution in [0.25, 0.3) is 0 Å². The lowest BCUT2D eigenvalue weighted by atomic mass is 9.88. The van der Waals surface area contributed by atoms with Crippen LogP contribution in [0, 0.1) is 17.2 Å². The van der Waals surface area contributed by atoms with Crippen molar-refractivity contribution in [1.29, 1.82) is 5.26 Å². The van der Waals surface area contributed by atoms with Gasteiger partial charge in [-0.1, -0.05) is 35.9 Å². The summed E-state index contributed by atoms with van der Waals surface area (Å²) < 4.78 is 32.3. The zero-order valence-corrected chi connectivity index (χ0v) is 21.8. The SMILES string of the molecule is CCOC(=O)C1=C(C)Cc2nc(N3CCC(C(=O)NS(=O)(=O)Cc4ccccc4)CC3)c(C#N)cc2C1. The van der Waals surface area contributed by atoms with Crippen molar-refractivity contribution >= 4 is 27.7 Å². The number of rotatable bonds is 7. The Morgan fingerprint density at radius 1 is 1.19 bits per heavy atom. The number of aromatic nitrogens is 1. The molecule has 2 heterocycles. The highest BCUT2D eigenvalue weighted by Crippen LogP contribution is 2.32. The van der Waals surface area contributed by atoms with E-state index in [0.29, 0.717) is 67.9 Å². The molecule has 2 aromatic rings. The zero-order chi connectivity index (χ0) is 26.6. The van der Waals surface area contributed by atoms with Gasteiger partial charge in [-0.05, 0) is 43.9 Å². The summed E-state index contributed by atoms with van der Waals surface area (Å²) in [7, 11) is -3.80. The van der Waals surface area contributed by atoms with Gasteiger partial charge in [-0.2, -0.15) is 5.26 Å². The Morgan fingerprint density at radius 3 is 2.54 bits per heavy atom. The molecule has 9 nitrogen and oxygen atoms in total. The fraction of sp³-hybridized carbons (Fsp3) is 0.407. The highest BCUT2D eigenvalue weighted by atomic mass is 32.2. The largest absolute Gasteiger partial charge is 0.463 e. The van der Waals surface area contributed by atoms with E-state index in [0.717, 1.165) is 16.8 Å². The summed E-state index contributed by atoms with van der Waals surface area (Å²) in [5, 5.41) is 9.80. The molecule has 0 bridgehead atoms. The number of nitrogens with zero attached hydrogens (tertiary/aromatic N) is 3. The highest BCUT2D eigenvalue weighted by Gasteiger charge is 2.31. The molecule has 0 atom stereocenters. The first-order chi connectivity index (χ1) is 17.7. The number of carbonyl (C=O) groups excluding carboxylic acids is 2. The third-order valence-electron chi connectivity index (χ3n) is 6.75. The van der Waals surface area contributed by atoms with Gasteiger partial charge in [0.1, 0.15) is 11.9 Å². The molecule has 0 saturated carbocycles. The minimum atomic E-state index is -3.80. The van der Waals surface area contributed by atoms with Gasteiger partial charge < -0.3 is 9.64 Å². The van der Waals surface area contributed by atoms with Gasteiger partial charge in [-0.25, -0.2) is 18.2 Å². The molecular formula is C27H30N4O5S. The molecule has 4 rings (SSSR count). The van der Waals surface area contributed by atoms with E-state index >= 15 is 0 Å². The van der Waals surface area contributed by atoms with Gasteiger partial charge in [-0.15, -0.1) is 0 Å². The van der Waals surface area contributed by atoms with Crippen molar-refractivity contribution in [3.63, 3.8) is 0 Å². The minimum Gasteiger partial charge on any atom is -0.463 e. The van der Waals surface area contributed by atoms with E-state index < -0.39 is 21.8 Å². The minimum absolute atomic E-state index is 0.255. The first-order valence-electron chi connectivity index (χ1n) is 12.3. The van der Waals surface area contributed by atoms with Crippen LogP contribution in [0.3, 0.4) is 0 Å².